The van der Waals surface area contributed by atoms with Crippen LogP contribution in [0.4, 0.5) is 4.39 Å². The maximum Gasteiger partial charge on any atom is 0.123 e. The molecule has 0 fully saturated rings. The van der Waals surface area contributed by atoms with E-state index in [-0.39, 0.29) is 11.9 Å². The van der Waals surface area contributed by atoms with Gasteiger partial charge in [-0.1, -0.05) is 6.07 Å². The Balaban J connectivity index is 2.57. The molecule has 1 atom stereocenters. The molecular weight excluding hydrogens is 205 g/mol. The van der Waals surface area contributed by atoms with Gasteiger partial charge in [0, 0.05) is 24.8 Å². The monoisotopic (exact) mass is 219 g/mol. The number of rotatable bonds is 2. The molecule has 0 saturated heterocycles. The second kappa shape index (κ2) is 4.06. The first-order chi connectivity index (χ1) is 7.58. The molecule has 84 valence electrons. The van der Waals surface area contributed by atoms with Gasteiger partial charge < -0.3 is 5.73 Å². The molecule has 0 amide bonds. The van der Waals surface area contributed by atoms with Crippen molar-refractivity contribution in [2.45, 2.75) is 13.0 Å². The SMILES string of the molecule is CC(N)c1ccc(F)cc1-c1ccn(C)n1. The molecule has 0 spiro atoms. The summed E-state index contributed by atoms with van der Waals surface area (Å²) in [5.74, 6) is -0.273. The Morgan fingerprint density at radius 3 is 2.69 bits per heavy atom. The first-order valence-corrected chi connectivity index (χ1v) is 5.13. The lowest BCUT2D eigenvalue weighted by Crippen LogP contribution is -2.07. The smallest absolute Gasteiger partial charge is 0.123 e. The first kappa shape index (κ1) is 10.8. The van der Waals surface area contributed by atoms with E-state index in [4.69, 9.17) is 5.73 Å². The maximum atomic E-state index is 13.2. The lowest BCUT2D eigenvalue weighted by molar-refractivity contribution is 0.626. The number of benzene rings is 1. The zero-order chi connectivity index (χ0) is 11.7. The summed E-state index contributed by atoms with van der Waals surface area (Å²) in [5, 5.41) is 4.26. The molecule has 1 unspecified atom stereocenters. The van der Waals surface area contributed by atoms with Crippen molar-refractivity contribution >= 4 is 0 Å². The van der Waals surface area contributed by atoms with Crippen LogP contribution in [-0.4, -0.2) is 9.78 Å². The second-order valence-corrected chi connectivity index (χ2v) is 3.89. The van der Waals surface area contributed by atoms with Crippen molar-refractivity contribution in [2.24, 2.45) is 12.8 Å². The van der Waals surface area contributed by atoms with Crippen molar-refractivity contribution in [1.29, 1.82) is 0 Å². The summed E-state index contributed by atoms with van der Waals surface area (Å²) in [6, 6.07) is 6.31. The minimum absolute atomic E-state index is 0.141. The standard InChI is InChI=1S/C12H14FN3/c1-8(14)10-4-3-9(13)7-11(10)12-5-6-16(2)15-12/h3-8H,14H2,1-2H3. The Labute approximate surface area is 93.7 Å². The second-order valence-electron chi connectivity index (χ2n) is 3.89. The summed E-state index contributed by atoms with van der Waals surface area (Å²) >= 11 is 0. The third-order valence-electron chi connectivity index (χ3n) is 2.50. The molecule has 0 radical (unpaired) electrons. The molecule has 0 aliphatic carbocycles. The zero-order valence-electron chi connectivity index (χ0n) is 9.31. The molecule has 4 heteroatoms. The fourth-order valence-electron chi connectivity index (χ4n) is 1.71. The van der Waals surface area contributed by atoms with Gasteiger partial charge in [0.1, 0.15) is 5.82 Å². The van der Waals surface area contributed by atoms with Gasteiger partial charge in [0.2, 0.25) is 0 Å². The summed E-state index contributed by atoms with van der Waals surface area (Å²) in [5.41, 5.74) is 8.26. The van der Waals surface area contributed by atoms with Crippen LogP contribution in [0.25, 0.3) is 11.3 Å². The number of aryl methyl sites for hydroxylation is 1. The molecule has 3 nitrogen and oxygen atoms in total. The van der Waals surface area contributed by atoms with Gasteiger partial charge in [0.05, 0.1) is 5.69 Å². The average molecular weight is 219 g/mol. The van der Waals surface area contributed by atoms with Crippen LogP contribution >= 0.6 is 0 Å². The number of halogens is 1. The van der Waals surface area contributed by atoms with Crippen molar-refractivity contribution < 1.29 is 4.39 Å². The van der Waals surface area contributed by atoms with E-state index in [1.807, 2.05) is 26.2 Å². The molecule has 0 saturated carbocycles. The van der Waals surface area contributed by atoms with Crippen LogP contribution in [0, 0.1) is 5.82 Å². The minimum atomic E-state index is -0.273. The van der Waals surface area contributed by atoms with Gasteiger partial charge in [-0.2, -0.15) is 5.10 Å². The molecule has 1 aromatic heterocycles. The molecule has 16 heavy (non-hydrogen) atoms. The summed E-state index contributed by atoms with van der Waals surface area (Å²) in [7, 11) is 1.83. The van der Waals surface area contributed by atoms with E-state index in [0.29, 0.717) is 0 Å². The fraction of sp³-hybridized carbons (Fsp3) is 0.250. The minimum Gasteiger partial charge on any atom is -0.324 e. The van der Waals surface area contributed by atoms with Gasteiger partial charge in [0.25, 0.3) is 0 Å². The van der Waals surface area contributed by atoms with E-state index in [2.05, 4.69) is 5.10 Å². The quantitative estimate of drug-likeness (QED) is 0.841. The van der Waals surface area contributed by atoms with Crippen molar-refractivity contribution in [3.8, 4) is 11.3 Å². The molecule has 2 aromatic rings. The first-order valence-electron chi connectivity index (χ1n) is 5.13. The Morgan fingerprint density at radius 2 is 2.12 bits per heavy atom. The highest BCUT2D eigenvalue weighted by atomic mass is 19.1. The predicted molar refractivity (Wildman–Crippen MR) is 61.2 cm³/mol. The Morgan fingerprint density at radius 1 is 1.38 bits per heavy atom. The third-order valence-corrected chi connectivity index (χ3v) is 2.50. The summed E-state index contributed by atoms with van der Waals surface area (Å²) in [6.45, 7) is 1.87. The van der Waals surface area contributed by atoms with Gasteiger partial charge >= 0.3 is 0 Å². The average Bonchev–Trinajstić information content (AvgIpc) is 2.64. The van der Waals surface area contributed by atoms with Crippen LogP contribution in [-0.2, 0) is 7.05 Å². The lowest BCUT2D eigenvalue weighted by atomic mass is 9.99. The highest BCUT2D eigenvalue weighted by Crippen LogP contribution is 2.26. The molecule has 0 aliphatic rings. The van der Waals surface area contributed by atoms with Crippen molar-refractivity contribution in [3.63, 3.8) is 0 Å². The largest absolute Gasteiger partial charge is 0.324 e. The molecule has 1 heterocycles. The normalized spacial score (nSPS) is 12.8. The molecule has 2 N–H and O–H groups in total. The number of nitrogens with zero attached hydrogens (tertiary/aromatic N) is 2. The van der Waals surface area contributed by atoms with E-state index in [0.717, 1.165) is 16.8 Å². The number of aromatic nitrogens is 2. The summed E-state index contributed by atoms with van der Waals surface area (Å²) in [6.07, 6.45) is 1.82. The molecule has 1 aromatic carbocycles. The zero-order valence-corrected chi connectivity index (χ0v) is 9.31. The number of hydrogen-bond donors (Lipinski definition) is 1. The van der Waals surface area contributed by atoms with Crippen LogP contribution in [0.5, 0.6) is 0 Å². The van der Waals surface area contributed by atoms with E-state index < -0.39 is 0 Å². The van der Waals surface area contributed by atoms with Crippen LogP contribution in [0.3, 0.4) is 0 Å². The number of nitrogens with two attached hydrogens (primary N) is 1. The van der Waals surface area contributed by atoms with Crippen molar-refractivity contribution in [1.82, 2.24) is 9.78 Å². The van der Waals surface area contributed by atoms with Gasteiger partial charge in [-0.25, -0.2) is 4.39 Å². The third kappa shape index (κ3) is 1.97. The Bertz CT molecular complexity index is 503. The molecule has 2 rings (SSSR count). The highest BCUT2D eigenvalue weighted by molar-refractivity contribution is 5.64. The van der Waals surface area contributed by atoms with Crippen LogP contribution < -0.4 is 5.73 Å². The molecular formula is C12H14FN3. The van der Waals surface area contributed by atoms with Crippen molar-refractivity contribution in [3.05, 3.63) is 41.8 Å². The predicted octanol–water partition coefficient (Wildman–Crippen LogP) is 2.25. The van der Waals surface area contributed by atoms with Gasteiger partial charge in [-0.3, -0.25) is 4.68 Å². The highest BCUT2D eigenvalue weighted by Gasteiger charge is 2.11. The van der Waals surface area contributed by atoms with Gasteiger partial charge in [-0.15, -0.1) is 0 Å². The lowest BCUT2D eigenvalue weighted by Gasteiger charge is -2.10. The van der Waals surface area contributed by atoms with Crippen LogP contribution in [0.15, 0.2) is 30.5 Å². The topological polar surface area (TPSA) is 43.8 Å². The van der Waals surface area contributed by atoms with Crippen molar-refractivity contribution in [2.75, 3.05) is 0 Å². The summed E-state index contributed by atoms with van der Waals surface area (Å²) < 4.78 is 14.9. The Hall–Kier alpha value is -1.68. The molecule has 0 bridgehead atoms. The molecule has 0 aliphatic heterocycles. The van der Waals surface area contributed by atoms with E-state index in [1.54, 1.807) is 10.7 Å². The number of hydrogen-bond acceptors (Lipinski definition) is 2. The fourth-order valence-corrected chi connectivity index (χ4v) is 1.71. The van der Waals surface area contributed by atoms with Gasteiger partial charge in [-0.05, 0) is 30.7 Å². The van der Waals surface area contributed by atoms with E-state index in [1.165, 1.54) is 12.1 Å². The summed E-state index contributed by atoms with van der Waals surface area (Å²) in [4.78, 5) is 0. The Kier molecular flexibility index (Phi) is 2.75. The van der Waals surface area contributed by atoms with E-state index >= 15 is 0 Å². The van der Waals surface area contributed by atoms with Gasteiger partial charge in [0.15, 0.2) is 0 Å². The van der Waals surface area contributed by atoms with E-state index in [9.17, 15) is 4.39 Å². The maximum absolute atomic E-state index is 13.2. The van der Waals surface area contributed by atoms with Crippen LogP contribution in [0.1, 0.15) is 18.5 Å². The van der Waals surface area contributed by atoms with Crippen LogP contribution in [0.2, 0.25) is 0 Å².